The standard InChI is InChI=1S/C24H28ClN3O3/c1-24(2,3)31-23(29)27-13-12-18(14-27)16-30-22-26-20-6-4-5-7-21(20)28(22)15-17-8-10-19(25)11-9-17/h4-11,18H,12-16H2,1-3H3/t18-/m0/s1. The van der Waals surface area contributed by atoms with Gasteiger partial charge in [0.25, 0.3) is 6.01 Å². The SMILES string of the molecule is CC(C)(C)OC(=O)N1CC[C@H](COc2nc3ccccc3n2Cc2ccc(Cl)cc2)C1. The minimum atomic E-state index is -0.488. The molecule has 0 unspecified atom stereocenters. The number of halogens is 1. The fraction of sp³-hybridized carbons (Fsp3) is 0.417. The number of fused-ring (bicyclic) bond motifs is 1. The average Bonchev–Trinajstić information content (AvgIpc) is 3.32. The van der Waals surface area contributed by atoms with E-state index < -0.39 is 5.60 Å². The van der Waals surface area contributed by atoms with Crippen molar-refractivity contribution < 1.29 is 14.3 Å². The molecule has 2 aromatic carbocycles. The number of rotatable bonds is 5. The maximum atomic E-state index is 12.3. The van der Waals surface area contributed by atoms with E-state index in [9.17, 15) is 4.79 Å². The molecule has 1 fully saturated rings. The summed E-state index contributed by atoms with van der Waals surface area (Å²) in [5.41, 5.74) is 2.55. The van der Waals surface area contributed by atoms with E-state index in [1.54, 1.807) is 4.90 Å². The van der Waals surface area contributed by atoms with Crippen LogP contribution in [-0.2, 0) is 11.3 Å². The molecule has 3 aromatic rings. The third kappa shape index (κ3) is 5.31. The zero-order valence-electron chi connectivity index (χ0n) is 18.2. The minimum absolute atomic E-state index is 0.247. The number of para-hydroxylation sites is 2. The number of ether oxygens (including phenoxy) is 2. The van der Waals surface area contributed by atoms with Crippen molar-refractivity contribution in [1.29, 1.82) is 0 Å². The van der Waals surface area contributed by atoms with Crippen molar-refractivity contribution in [2.75, 3.05) is 19.7 Å². The van der Waals surface area contributed by atoms with Crippen molar-refractivity contribution in [3.63, 3.8) is 0 Å². The quantitative estimate of drug-likeness (QED) is 0.533. The molecule has 1 aliphatic rings. The molecule has 1 aliphatic heterocycles. The average molecular weight is 442 g/mol. The van der Waals surface area contributed by atoms with Gasteiger partial charge in [0, 0.05) is 24.0 Å². The molecule has 6 nitrogen and oxygen atoms in total. The Balaban J connectivity index is 1.45. The Morgan fingerprint density at radius 2 is 1.90 bits per heavy atom. The second kappa shape index (κ2) is 8.79. The summed E-state index contributed by atoms with van der Waals surface area (Å²) in [6.07, 6.45) is 0.626. The molecule has 2 heterocycles. The third-order valence-electron chi connectivity index (χ3n) is 5.26. The normalized spacial score (nSPS) is 16.6. The van der Waals surface area contributed by atoms with Crippen LogP contribution in [-0.4, -0.2) is 45.8 Å². The van der Waals surface area contributed by atoms with Crippen LogP contribution in [0.3, 0.4) is 0 Å². The van der Waals surface area contributed by atoms with Gasteiger partial charge in [-0.1, -0.05) is 35.9 Å². The van der Waals surface area contributed by atoms with Crippen LogP contribution < -0.4 is 4.74 Å². The lowest BCUT2D eigenvalue weighted by atomic mass is 10.1. The molecule has 0 saturated carbocycles. The largest absolute Gasteiger partial charge is 0.464 e. The molecule has 0 aliphatic carbocycles. The Kier molecular flexibility index (Phi) is 6.10. The first kappa shape index (κ1) is 21.5. The molecule has 0 radical (unpaired) electrons. The highest BCUT2D eigenvalue weighted by Crippen LogP contribution is 2.25. The minimum Gasteiger partial charge on any atom is -0.464 e. The van der Waals surface area contributed by atoms with E-state index in [0.717, 1.165) is 23.0 Å². The molecule has 4 rings (SSSR count). The molecule has 0 N–H and O–H groups in total. The van der Waals surface area contributed by atoms with Crippen molar-refractivity contribution in [3.05, 3.63) is 59.1 Å². The van der Waals surface area contributed by atoms with Gasteiger partial charge in [-0.3, -0.25) is 4.57 Å². The van der Waals surface area contributed by atoms with E-state index in [1.165, 1.54) is 0 Å². The predicted molar refractivity (Wildman–Crippen MR) is 122 cm³/mol. The van der Waals surface area contributed by atoms with Crippen molar-refractivity contribution in [2.24, 2.45) is 5.92 Å². The Labute approximate surface area is 187 Å². The molecule has 1 aromatic heterocycles. The molecule has 164 valence electrons. The molecule has 1 amide bonds. The number of amides is 1. The van der Waals surface area contributed by atoms with Gasteiger partial charge in [-0.15, -0.1) is 0 Å². The molecule has 0 bridgehead atoms. The molecule has 7 heteroatoms. The number of aromatic nitrogens is 2. The van der Waals surface area contributed by atoms with Crippen LogP contribution in [0.4, 0.5) is 4.79 Å². The number of imidazole rings is 1. The Bertz CT molecular complexity index is 1060. The summed E-state index contributed by atoms with van der Waals surface area (Å²) < 4.78 is 13.7. The number of benzene rings is 2. The Morgan fingerprint density at radius 3 is 2.65 bits per heavy atom. The van der Waals surface area contributed by atoms with Crippen LogP contribution in [0.15, 0.2) is 48.5 Å². The van der Waals surface area contributed by atoms with E-state index >= 15 is 0 Å². The maximum Gasteiger partial charge on any atom is 0.410 e. The lowest BCUT2D eigenvalue weighted by molar-refractivity contribution is 0.0284. The van der Waals surface area contributed by atoms with Gasteiger partial charge in [-0.25, -0.2) is 4.79 Å². The smallest absolute Gasteiger partial charge is 0.410 e. The van der Waals surface area contributed by atoms with Gasteiger partial charge in [0.2, 0.25) is 0 Å². The maximum absolute atomic E-state index is 12.3. The summed E-state index contributed by atoms with van der Waals surface area (Å²) in [6.45, 7) is 8.10. The second-order valence-corrected chi connectivity index (χ2v) is 9.42. The highest BCUT2D eigenvalue weighted by Gasteiger charge is 2.30. The van der Waals surface area contributed by atoms with Crippen LogP contribution in [0.5, 0.6) is 6.01 Å². The number of hydrogen-bond acceptors (Lipinski definition) is 4. The van der Waals surface area contributed by atoms with Gasteiger partial charge in [0.1, 0.15) is 5.60 Å². The van der Waals surface area contributed by atoms with Gasteiger partial charge in [0.15, 0.2) is 0 Å². The third-order valence-corrected chi connectivity index (χ3v) is 5.51. The fourth-order valence-corrected chi connectivity index (χ4v) is 3.87. The second-order valence-electron chi connectivity index (χ2n) is 8.99. The first-order valence-electron chi connectivity index (χ1n) is 10.6. The van der Waals surface area contributed by atoms with Crippen LogP contribution in [0, 0.1) is 5.92 Å². The topological polar surface area (TPSA) is 56.6 Å². The van der Waals surface area contributed by atoms with Crippen molar-refractivity contribution in [1.82, 2.24) is 14.5 Å². The summed E-state index contributed by atoms with van der Waals surface area (Å²) in [5, 5.41) is 0.714. The van der Waals surface area contributed by atoms with Gasteiger partial charge in [-0.05, 0) is 57.0 Å². The van der Waals surface area contributed by atoms with E-state index in [1.807, 2.05) is 69.3 Å². The number of likely N-dealkylation sites (tertiary alicyclic amines) is 1. The summed E-state index contributed by atoms with van der Waals surface area (Å²) in [6, 6.07) is 16.4. The molecule has 1 atom stereocenters. The summed E-state index contributed by atoms with van der Waals surface area (Å²) in [4.78, 5) is 18.8. The van der Waals surface area contributed by atoms with Crippen molar-refractivity contribution >= 4 is 28.7 Å². The highest BCUT2D eigenvalue weighted by molar-refractivity contribution is 6.30. The van der Waals surface area contributed by atoms with Crippen LogP contribution in [0.1, 0.15) is 32.8 Å². The molecule has 1 saturated heterocycles. The molecule has 31 heavy (non-hydrogen) atoms. The number of carbonyl (C=O) groups excluding carboxylic acids is 1. The lowest BCUT2D eigenvalue weighted by Crippen LogP contribution is -2.35. The number of hydrogen-bond donors (Lipinski definition) is 0. The van der Waals surface area contributed by atoms with E-state index in [0.29, 0.717) is 37.3 Å². The van der Waals surface area contributed by atoms with Gasteiger partial charge in [0.05, 0.1) is 24.2 Å². The van der Waals surface area contributed by atoms with Crippen molar-refractivity contribution in [3.8, 4) is 6.01 Å². The van der Waals surface area contributed by atoms with Gasteiger partial charge in [-0.2, -0.15) is 4.98 Å². The summed E-state index contributed by atoms with van der Waals surface area (Å²) >= 11 is 6.03. The highest BCUT2D eigenvalue weighted by atomic mass is 35.5. The molecule has 0 spiro atoms. The number of carbonyl (C=O) groups is 1. The number of nitrogens with zero attached hydrogens (tertiary/aromatic N) is 3. The van der Waals surface area contributed by atoms with Gasteiger partial charge >= 0.3 is 6.09 Å². The first-order valence-corrected chi connectivity index (χ1v) is 11.0. The predicted octanol–water partition coefficient (Wildman–Crippen LogP) is 5.37. The van der Waals surface area contributed by atoms with Crippen LogP contribution in [0.25, 0.3) is 11.0 Å². The van der Waals surface area contributed by atoms with E-state index in [-0.39, 0.29) is 12.0 Å². The summed E-state index contributed by atoms with van der Waals surface area (Å²) in [7, 11) is 0. The Hall–Kier alpha value is -2.73. The molecular weight excluding hydrogens is 414 g/mol. The van der Waals surface area contributed by atoms with Crippen LogP contribution >= 0.6 is 11.6 Å². The van der Waals surface area contributed by atoms with Gasteiger partial charge < -0.3 is 14.4 Å². The van der Waals surface area contributed by atoms with Crippen molar-refractivity contribution in [2.45, 2.75) is 39.3 Å². The molecular formula is C24H28ClN3O3. The zero-order chi connectivity index (χ0) is 22.0. The van der Waals surface area contributed by atoms with Crippen LogP contribution in [0.2, 0.25) is 5.02 Å². The zero-order valence-corrected chi connectivity index (χ0v) is 18.9. The first-order chi connectivity index (χ1) is 14.8. The summed E-state index contributed by atoms with van der Waals surface area (Å²) in [5.74, 6) is 0.247. The van der Waals surface area contributed by atoms with E-state index in [2.05, 4.69) is 4.57 Å². The lowest BCUT2D eigenvalue weighted by Gasteiger charge is -2.24. The fourth-order valence-electron chi connectivity index (χ4n) is 3.74. The monoisotopic (exact) mass is 441 g/mol. The Morgan fingerprint density at radius 1 is 1.16 bits per heavy atom. The van der Waals surface area contributed by atoms with E-state index in [4.69, 9.17) is 26.1 Å².